The summed E-state index contributed by atoms with van der Waals surface area (Å²) >= 11 is 0. The van der Waals surface area contributed by atoms with Crippen LogP contribution in [0.3, 0.4) is 0 Å². The highest BCUT2D eigenvalue weighted by atomic mass is 16.5. The van der Waals surface area contributed by atoms with Crippen molar-refractivity contribution in [1.29, 1.82) is 0 Å². The van der Waals surface area contributed by atoms with Crippen molar-refractivity contribution in [1.82, 2.24) is 0 Å². The van der Waals surface area contributed by atoms with E-state index in [9.17, 15) is 5.21 Å². The fraction of sp³-hybridized carbons (Fsp3) is 0.920. The molecule has 3 nitrogen and oxygen atoms in total. The van der Waals surface area contributed by atoms with Gasteiger partial charge in [-0.2, -0.15) is 0 Å². The van der Waals surface area contributed by atoms with Gasteiger partial charge in [0.05, 0.1) is 13.1 Å². The standard InChI is InChI=1S/C25H52N2O/c1-2-3-4-5-6-7-8-9-10-11-12-13-14-15-16-17-18-19-20-21-24-27(28)25-22-23-26/h9-10,27H,2-8,11-26H2,1H3/b10-9-. The quantitative estimate of drug-likeness (QED) is 0.121. The molecule has 0 aromatic rings. The maximum atomic E-state index is 11.5. The van der Waals surface area contributed by atoms with Gasteiger partial charge >= 0.3 is 0 Å². The van der Waals surface area contributed by atoms with Crippen LogP contribution < -0.4 is 10.8 Å². The van der Waals surface area contributed by atoms with Crippen LogP contribution in [0.15, 0.2) is 12.2 Å². The first-order valence-corrected chi connectivity index (χ1v) is 12.7. The average molecular weight is 397 g/mol. The molecule has 0 saturated carbocycles. The minimum Gasteiger partial charge on any atom is -0.634 e. The molecule has 0 fully saturated rings. The minimum atomic E-state index is 0.405. The predicted octanol–water partition coefficient (Wildman–Crippen LogP) is 6.32. The predicted molar refractivity (Wildman–Crippen MR) is 126 cm³/mol. The summed E-state index contributed by atoms with van der Waals surface area (Å²) in [4.78, 5) is 0. The van der Waals surface area contributed by atoms with Gasteiger partial charge in [0.25, 0.3) is 0 Å². The lowest BCUT2D eigenvalue weighted by molar-refractivity contribution is -0.848. The maximum absolute atomic E-state index is 11.5. The summed E-state index contributed by atoms with van der Waals surface area (Å²) in [6, 6.07) is 0. The molecule has 3 N–H and O–H groups in total. The smallest absolute Gasteiger partial charge is 0.0780 e. The number of rotatable bonds is 23. The Labute approximate surface area is 177 Å². The van der Waals surface area contributed by atoms with Crippen molar-refractivity contribution in [2.45, 2.75) is 129 Å². The van der Waals surface area contributed by atoms with Gasteiger partial charge in [0.15, 0.2) is 0 Å². The lowest BCUT2D eigenvalue weighted by Crippen LogP contribution is -3.07. The third kappa shape index (κ3) is 23.7. The average Bonchev–Trinajstić information content (AvgIpc) is 2.70. The molecule has 0 aliphatic rings. The van der Waals surface area contributed by atoms with Gasteiger partial charge in [0.1, 0.15) is 0 Å². The Hall–Kier alpha value is -0.380. The molecule has 0 aliphatic heterocycles. The van der Waals surface area contributed by atoms with Crippen LogP contribution in [0.4, 0.5) is 0 Å². The molecule has 0 spiro atoms. The van der Waals surface area contributed by atoms with Crippen molar-refractivity contribution >= 4 is 0 Å². The Kier molecular flexibility index (Phi) is 24.3. The molecule has 0 amide bonds. The monoisotopic (exact) mass is 396 g/mol. The molecule has 168 valence electrons. The minimum absolute atomic E-state index is 0.405. The molecule has 0 aromatic heterocycles. The first kappa shape index (κ1) is 27.6. The summed E-state index contributed by atoms with van der Waals surface area (Å²) in [5, 5.41) is 11.9. The van der Waals surface area contributed by atoms with Crippen molar-refractivity contribution in [3.63, 3.8) is 0 Å². The zero-order valence-electron chi connectivity index (χ0n) is 19.2. The second-order valence-corrected chi connectivity index (χ2v) is 8.53. The summed E-state index contributed by atoms with van der Waals surface area (Å²) in [6.07, 6.45) is 29.9. The van der Waals surface area contributed by atoms with E-state index in [4.69, 9.17) is 5.73 Å². The summed E-state index contributed by atoms with van der Waals surface area (Å²) in [6.45, 7) is 4.38. The van der Waals surface area contributed by atoms with E-state index in [0.717, 1.165) is 19.4 Å². The number of unbranched alkanes of at least 4 members (excludes halogenated alkanes) is 16. The van der Waals surface area contributed by atoms with E-state index in [-0.39, 0.29) is 0 Å². The van der Waals surface area contributed by atoms with Crippen molar-refractivity contribution in [3.05, 3.63) is 17.4 Å². The molecule has 1 unspecified atom stereocenters. The van der Waals surface area contributed by atoms with E-state index in [0.29, 0.717) is 18.2 Å². The number of nitrogens with two attached hydrogens (primary N) is 1. The largest absolute Gasteiger partial charge is 0.634 e. The van der Waals surface area contributed by atoms with E-state index in [1.54, 1.807) is 0 Å². The first-order valence-electron chi connectivity index (χ1n) is 12.7. The molecule has 0 heterocycles. The fourth-order valence-corrected chi connectivity index (χ4v) is 3.70. The lowest BCUT2D eigenvalue weighted by Gasteiger charge is -2.21. The van der Waals surface area contributed by atoms with Gasteiger partial charge in [-0.05, 0) is 45.1 Å². The van der Waals surface area contributed by atoms with Gasteiger partial charge < -0.3 is 16.0 Å². The number of allylic oxidation sites excluding steroid dienone is 2. The Morgan fingerprint density at radius 3 is 1.43 bits per heavy atom. The molecular formula is C25H52N2O. The van der Waals surface area contributed by atoms with E-state index >= 15 is 0 Å². The van der Waals surface area contributed by atoms with Crippen LogP contribution in [0.2, 0.25) is 0 Å². The summed E-state index contributed by atoms with van der Waals surface area (Å²) in [5.74, 6) is 0. The number of nitrogens with one attached hydrogen (secondary N) is 1. The van der Waals surface area contributed by atoms with Crippen LogP contribution in [-0.2, 0) is 0 Å². The number of hydrogen-bond acceptors (Lipinski definition) is 2. The second-order valence-electron chi connectivity index (χ2n) is 8.53. The molecular weight excluding hydrogens is 344 g/mol. The normalized spacial score (nSPS) is 12.8. The molecule has 1 atom stereocenters. The van der Waals surface area contributed by atoms with Crippen LogP contribution in [0, 0.1) is 5.21 Å². The zero-order valence-corrected chi connectivity index (χ0v) is 19.2. The Morgan fingerprint density at radius 1 is 0.571 bits per heavy atom. The van der Waals surface area contributed by atoms with Crippen LogP contribution >= 0.6 is 0 Å². The summed E-state index contributed by atoms with van der Waals surface area (Å²) in [5.41, 5.74) is 5.43. The van der Waals surface area contributed by atoms with Crippen molar-refractivity contribution in [2.75, 3.05) is 19.6 Å². The fourth-order valence-electron chi connectivity index (χ4n) is 3.70. The Balaban J connectivity index is 3.11. The highest BCUT2D eigenvalue weighted by Crippen LogP contribution is 2.12. The summed E-state index contributed by atoms with van der Waals surface area (Å²) in [7, 11) is 0. The topological polar surface area (TPSA) is 53.5 Å². The summed E-state index contributed by atoms with van der Waals surface area (Å²) < 4.78 is 0. The van der Waals surface area contributed by atoms with Gasteiger partial charge in [-0.25, -0.2) is 0 Å². The second kappa shape index (κ2) is 24.7. The van der Waals surface area contributed by atoms with Gasteiger partial charge in [0, 0.05) is 6.42 Å². The number of hydrogen-bond donors (Lipinski definition) is 2. The van der Waals surface area contributed by atoms with E-state index in [1.807, 2.05) is 0 Å². The SMILES string of the molecule is CCCCCCCC/C=C\CCCCCCCCCCCC[NH+]([O-])CCCN. The maximum Gasteiger partial charge on any atom is 0.0780 e. The molecule has 0 aliphatic carbocycles. The van der Waals surface area contributed by atoms with Gasteiger partial charge in [0.2, 0.25) is 0 Å². The van der Waals surface area contributed by atoms with E-state index < -0.39 is 0 Å². The highest BCUT2D eigenvalue weighted by Gasteiger charge is 1.97. The number of quaternary nitrogens is 1. The Morgan fingerprint density at radius 2 is 0.964 bits per heavy atom. The van der Waals surface area contributed by atoms with Crippen molar-refractivity contribution in [3.8, 4) is 0 Å². The molecule has 3 heteroatoms. The van der Waals surface area contributed by atoms with Crippen molar-refractivity contribution < 1.29 is 5.06 Å². The molecule has 0 radical (unpaired) electrons. The first-order chi connectivity index (χ1) is 13.8. The Bertz CT molecular complexity index is 307. The van der Waals surface area contributed by atoms with Crippen LogP contribution in [0.5, 0.6) is 0 Å². The van der Waals surface area contributed by atoms with Crippen LogP contribution in [0.25, 0.3) is 0 Å². The zero-order chi connectivity index (χ0) is 20.5. The van der Waals surface area contributed by atoms with Crippen LogP contribution in [0.1, 0.15) is 129 Å². The van der Waals surface area contributed by atoms with Gasteiger partial charge in [-0.3, -0.25) is 0 Å². The molecule has 0 bridgehead atoms. The van der Waals surface area contributed by atoms with Crippen molar-refractivity contribution in [2.24, 2.45) is 5.73 Å². The van der Waals surface area contributed by atoms with Gasteiger partial charge in [-0.1, -0.05) is 96.1 Å². The molecule has 28 heavy (non-hydrogen) atoms. The van der Waals surface area contributed by atoms with E-state index in [1.165, 1.54) is 109 Å². The lowest BCUT2D eigenvalue weighted by atomic mass is 10.1. The van der Waals surface area contributed by atoms with E-state index in [2.05, 4.69) is 19.1 Å². The third-order valence-corrected chi connectivity index (χ3v) is 5.63. The van der Waals surface area contributed by atoms with Crippen LogP contribution in [-0.4, -0.2) is 19.6 Å². The molecule has 0 rings (SSSR count). The van der Waals surface area contributed by atoms with Gasteiger partial charge in [-0.15, -0.1) is 0 Å². The number of hydroxylamine groups is 2. The third-order valence-electron chi connectivity index (χ3n) is 5.63. The molecule has 0 saturated heterocycles. The highest BCUT2D eigenvalue weighted by molar-refractivity contribution is 4.81. The molecule has 0 aromatic carbocycles.